The van der Waals surface area contributed by atoms with Crippen LogP contribution in [0.4, 0.5) is 0 Å². The van der Waals surface area contributed by atoms with E-state index in [1.807, 2.05) is 0 Å². The maximum Gasteiger partial charge on any atom is -0.00489 e. The van der Waals surface area contributed by atoms with E-state index < -0.39 is 0 Å². The van der Waals surface area contributed by atoms with Crippen LogP contribution in [-0.4, -0.2) is 32.7 Å². The van der Waals surface area contributed by atoms with E-state index in [-0.39, 0.29) is 0 Å². The Bertz CT molecular complexity index is 429. The van der Waals surface area contributed by atoms with Crippen molar-refractivity contribution in [1.82, 2.24) is 10.6 Å². The molecule has 0 aromatic carbocycles. The molecular formula is C45H99N3. The second-order valence-electron chi connectivity index (χ2n) is 14.9. The molecule has 0 unspecified atom stereocenters. The molecule has 0 amide bonds. The van der Waals surface area contributed by atoms with E-state index in [1.165, 1.54) is 251 Å². The second kappa shape index (κ2) is 56.3. The van der Waals surface area contributed by atoms with Gasteiger partial charge in [0.2, 0.25) is 0 Å². The van der Waals surface area contributed by atoms with E-state index in [0.717, 1.165) is 6.54 Å². The molecule has 294 valence electrons. The van der Waals surface area contributed by atoms with E-state index >= 15 is 0 Å². The third-order valence-corrected chi connectivity index (χ3v) is 9.64. The minimum Gasteiger partial charge on any atom is -0.330 e. The molecule has 3 heteroatoms. The summed E-state index contributed by atoms with van der Waals surface area (Å²) in [6.45, 7) is 17.2. The normalized spacial score (nSPS) is 10.9. The van der Waals surface area contributed by atoms with Gasteiger partial charge in [-0.1, -0.05) is 227 Å². The molecule has 0 aliphatic carbocycles. The summed E-state index contributed by atoms with van der Waals surface area (Å²) in [7, 11) is 0. The average molecular weight is 682 g/mol. The Morgan fingerprint density at radius 1 is 0.229 bits per heavy atom. The van der Waals surface area contributed by atoms with Crippen LogP contribution < -0.4 is 16.4 Å². The monoisotopic (exact) mass is 682 g/mol. The molecule has 0 saturated carbocycles. The van der Waals surface area contributed by atoms with Crippen LogP contribution in [0.2, 0.25) is 0 Å². The van der Waals surface area contributed by atoms with Gasteiger partial charge in [0.1, 0.15) is 0 Å². The van der Waals surface area contributed by atoms with Gasteiger partial charge in [-0.3, -0.25) is 0 Å². The molecule has 0 rings (SSSR count). The summed E-state index contributed by atoms with van der Waals surface area (Å²) in [5.41, 5.74) is 5.37. The summed E-state index contributed by atoms with van der Waals surface area (Å²) in [6, 6.07) is 0. The van der Waals surface area contributed by atoms with Gasteiger partial charge in [-0.05, 0) is 64.8 Å². The van der Waals surface area contributed by atoms with E-state index in [2.05, 4.69) is 45.3 Å². The van der Waals surface area contributed by atoms with Crippen LogP contribution >= 0.6 is 0 Å². The van der Waals surface area contributed by atoms with Crippen LogP contribution in [0.25, 0.3) is 0 Å². The fourth-order valence-electron chi connectivity index (χ4n) is 6.18. The Morgan fingerprint density at radius 2 is 0.396 bits per heavy atom. The van der Waals surface area contributed by atoms with Crippen molar-refractivity contribution in [3.63, 3.8) is 0 Å². The molecule has 0 atom stereocenters. The molecular weight excluding hydrogens is 583 g/mol. The first-order valence-corrected chi connectivity index (χ1v) is 22.9. The van der Waals surface area contributed by atoms with Gasteiger partial charge in [-0.15, -0.1) is 0 Å². The van der Waals surface area contributed by atoms with Gasteiger partial charge in [-0.2, -0.15) is 0 Å². The molecule has 4 N–H and O–H groups in total. The lowest BCUT2D eigenvalue weighted by Crippen LogP contribution is -2.16. The van der Waals surface area contributed by atoms with E-state index in [9.17, 15) is 0 Å². The maximum atomic E-state index is 5.37. The molecule has 0 aliphatic heterocycles. The summed E-state index contributed by atoms with van der Waals surface area (Å²) < 4.78 is 0. The highest BCUT2D eigenvalue weighted by Crippen LogP contribution is 2.10. The van der Waals surface area contributed by atoms with Crippen LogP contribution in [0, 0.1) is 0 Å². The van der Waals surface area contributed by atoms with E-state index in [0.29, 0.717) is 0 Å². The summed E-state index contributed by atoms with van der Waals surface area (Å²) in [5.74, 6) is 0. The number of nitrogens with two attached hydrogens (primary N) is 1. The zero-order chi connectivity index (χ0) is 35.7. The molecule has 0 aliphatic rings. The summed E-state index contributed by atoms with van der Waals surface area (Å²) in [4.78, 5) is 0. The molecule has 0 bridgehead atoms. The zero-order valence-corrected chi connectivity index (χ0v) is 34.9. The van der Waals surface area contributed by atoms with Gasteiger partial charge in [-0.25, -0.2) is 0 Å². The second-order valence-corrected chi connectivity index (χ2v) is 14.9. The first-order valence-electron chi connectivity index (χ1n) is 22.9. The van der Waals surface area contributed by atoms with Crippen molar-refractivity contribution in [2.45, 2.75) is 259 Å². The fourth-order valence-corrected chi connectivity index (χ4v) is 6.18. The van der Waals surface area contributed by atoms with Crippen molar-refractivity contribution in [3.05, 3.63) is 0 Å². The molecule has 0 radical (unpaired) electrons. The summed E-state index contributed by atoms with van der Waals surface area (Å²) >= 11 is 0. The van der Waals surface area contributed by atoms with E-state index in [1.54, 1.807) is 0 Å². The average Bonchev–Trinajstić information content (AvgIpc) is 3.10. The third-order valence-electron chi connectivity index (χ3n) is 9.64. The molecule has 0 heterocycles. The highest BCUT2D eigenvalue weighted by Gasteiger charge is 1.95. The van der Waals surface area contributed by atoms with Crippen LogP contribution in [0.3, 0.4) is 0 Å². The summed E-state index contributed by atoms with van der Waals surface area (Å²) in [5, 5.41) is 7.17. The topological polar surface area (TPSA) is 50.1 Å². The zero-order valence-electron chi connectivity index (χ0n) is 34.9. The highest BCUT2D eigenvalue weighted by molar-refractivity contribution is 4.53. The van der Waals surface area contributed by atoms with Crippen LogP contribution in [0.1, 0.15) is 259 Å². The largest absolute Gasteiger partial charge is 0.330 e. The van der Waals surface area contributed by atoms with Gasteiger partial charge in [0.25, 0.3) is 0 Å². The standard InChI is InChI=1S/C20H43N.C16H35N.C9H21N/c1-3-5-7-9-11-13-15-17-19-21-20-18-16-14-12-10-8-6-4-2;1-3-5-7-9-11-13-15-17-16-14-12-10-8-6-4-2;1-2-3-4-5-6-7-8-9-10/h21H,3-20H2,1-2H3;17H,3-16H2,1-2H3;2-10H2,1H3. The van der Waals surface area contributed by atoms with Gasteiger partial charge in [0.05, 0.1) is 0 Å². The number of hydrogen-bond donors (Lipinski definition) is 3. The lowest BCUT2D eigenvalue weighted by atomic mass is 10.1. The third kappa shape index (κ3) is 61.1. The quantitative estimate of drug-likeness (QED) is 0.0566. The first kappa shape index (κ1) is 52.2. The number of nitrogens with one attached hydrogen (secondary N) is 2. The van der Waals surface area contributed by atoms with Crippen molar-refractivity contribution in [2.24, 2.45) is 5.73 Å². The van der Waals surface area contributed by atoms with Gasteiger partial charge >= 0.3 is 0 Å². The fraction of sp³-hybridized carbons (Fsp3) is 1.00. The molecule has 0 saturated heterocycles. The Labute approximate surface area is 307 Å². The predicted molar refractivity (Wildman–Crippen MR) is 225 cm³/mol. The van der Waals surface area contributed by atoms with Crippen LogP contribution in [0.5, 0.6) is 0 Å². The van der Waals surface area contributed by atoms with Crippen molar-refractivity contribution in [1.29, 1.82) is 0 Å². The minimum absolute atomic E-state index is 0.869. The number of unbranched alkanes of at least 4 members (excludes halogenated alkanes) is 30. The van der Waals surface area contributed by atoms with Crippen LogP contribution in [-0.2, 0) is 0 Å². The lowest BCUT2D eigenvalue weighted by molar-refractivity contribution is 0.532. The molecule has 3 nitrogen and oxygen atoms in total. The molecule has 0 aromatic rings. The van der Waals surface area contributed by atoms with Crippen molar-refractivity contribution < 1.29 is 0 Å². The molecule has 0 aromatic heterocycles. The number of hydrogen-bond acceptors (Lipinski definition) is 3. The first-order chi connectivity index (χ1) is 23.7. The van der Waals surface area contributed by atoms with Gasteiger partial charge in [0, 0.05) is 0 Å². The van der Waals surface area contributed by atoms with Crippen molar-refractivity contribution in [2.75, 3.05) is 32.7 Å². The predicted octanol–water partition coefficient (Wildman–Crippen LogP) is 14.9. The van der Waals surface area contributed by atoms with Crippen molar-refractivity contribution >= 4 is 0 Å². The summed E-state index contributed by atoms with van der Waals surface area (Å²) in [6.07, 6.45) is 49.2. The molecule has 0 fully saturated rings. The van der Waals surface area contributed by atoms with E-state index in [4.69, 9.17) is 5.73 Å². The Kier molecular flexibility index (Phi) is 61.2. The lowest BCUT2D eigenvalue weighted by Gasteiger charge is -2.05. The highest BCUT2D eigenvalue weighted by atomic mass is 14.8. The van der Waals surface area contributed by atoms with Crippen molar-refractivity contribution in [3.8, 4) is 0 Å². The van der Waals surface area contributed by atoms with Crippen LogP contribution in [0.15, 0.2) is 0 Å². The molecule has 0 spiro atoms. The Morgan fingerprint density at radius 3 is 0.583 bits per heavy atom. The Balaban J connectivity index is -0.000000672. The van der Waals surface area contributed by atoms with Gasteiger partial charge in [0.15, 0.2) is 0 Å². The molecule has 48 heavy (non-hydrogen) atoms. The smallest absolute Gasteiger partial charge is 0.00489 e. The van der Waals surface area contributed by atoms with Gasteiger partial charge < -0.3 is 16.4 Å². The number of rotatable bonds is 39. The SMILES string of the molecule is CCCCCCCCCCNCCCCCCCCCC.CCCCCCCCCN.CCCCCCCCNCCCCCCCC. The minimum atomic E-state index is 0.869. The Hall–Kier alpha value is -0.120. The maximum absolute atomic E-state index is 5.37.